The molecule has 2 aromatic carbocycles. The van der Waals surface area contributed by atoms with Crippen molar-refractivity contribution in [3.8, 4) is 11.5 Å². The van der Waals surface area contributed by atoms with Crippen molar-refractivity contribution < 1.29 is 9.47 Å². The van der Waals surface area contributed by atoms with Gasteiger partial charge in [-0.2, -0.15) is 14.9 Å². The highest BCUT2D eigenvalue weighted by Crippen LogP contribution is 2.15. The van der Waals surface area contributed by atoms with E-state index in [4.69, 9.17) is 21.7 Å². The summed E-state index contributed by atoms with van der Waals surface area (Å²) < 4.78 is 12.8. The van der Waals surface area contributed by atoms with Crippen LogP contribution in [0.1, 0.15) is 17.0 Å². The Morgan fingerprint density at radius 1 is 1.22 bits per heavy atom. The molecule has 0 amide bonds. The van der Waals surface area contributed by atoms with Crippen LogP contribution in [0, 0.1) is 4.77 Å². The maximum atomic E-state index is 5.54. The third-order valence-corrected chi connectivity index (χ3v) is 4.05. The highest BCUT2D eigenvalue weighted by molar-refractivity contribution is 7.71. The fourth-order valence-corrected chi connectivity index (χ4v) is 2.65. The zero-order chi connectivity index (χ0) is 19.1. The molecule has 138 valence electrons. The van der Waals surface area contributed by atoms with Crippen LogP contribution in [-0.4, -0.2) is 34.8 Å². The lowest BCUT2D eigenvalue weighted by Crippen LogP contribution is -2.01. The first-order chi connectivity index (χ1) is 13.2. The highest BCUT2D eigenvalue weighted by atomic mass is 32.1. The van der Waals surface area contributed by atoms with Gasteiger partial charge in [0.25, 0.3) is 0 Å². The molecule has 7 heteroatoms. The molecule has 1 aromatic heterocycles. The van der Waals surface area contributed by atoms with Crippen molar-refractivity contribution >= 4 is 18.4 Å². The van der Waals surface area contributed by atoms with E-state index in [2.05, 4.69) is 21.9 Å². The zero-order valence-electron chi connectivity index (χ0n) is 15.0. The van der Waals surface area contributed by atoms with Gasteiger partial charge in [-0.25, -0.2) is 0 Å². The van der Waals surface area contributed by atoms with Gasteiger partial charge >= 0.3 is 0 Å². The number of nitrogens with one attached hydrogen (secondary N) is 1. The van der Waals surface area contributed by atoms with Gasteiger partial charge in [0.2, 0.25) is 4.77 Å². The summed E-state index contributed by atoms with van der Waals surface area (Å²) in [6.07, 6.45) is 4.03. The van der Waals surface area contributed by atoms with Crippen LogP contribution in [0.3, 0.4) is 0 Å². The Balaban J connectivity index is 1.79. The average molecular weight is 380 g/mol. The van der Waals surface area contributed by atoms with Crippen LogP contribution in [0.4, 0.5) is 0 Å². The number of rotatable bonds is 8. The van der Waals surface area contributed by atoms with Crippen molar-refractivity contribution in [2.75, 3.05) is 13.7 Å². The maximum absolute atomic E-state index is 5.54. The van der Waals surface area contributed by atoms with Gasteiger partial charge in [0, 0.05) is 6.42 Å². The molecule has 0 aliphatic rings. The van der Waals surface area contributed by atoms with E-state index in [-0.39, 0.29) is 0 Å². The normalized spacial score (nSPS) is 10.9. The van der Waals surface area contributed by atoms with Crippen LogP contribution in [0.15, 0.2) is 66.3 Å². The summed E-state index contributed by atoms with van der Waals surface area (Å²) in [5.74, 6) is 2.29. The first-order valence-electron chi connectivity index (χ1n) is 8.37. The summed E-state index contributed by atoms with van der Waals surface area (Å²) in [4.78, 5) is 0. The Hall–Kier alpha value is -3.19. The lowest BCUT2D eigenvalue weighted by Gasteiger charge is -2.04. The maximum Gasteiger partial charge on any atom is 0.216 e. The summed E-state index contributed by atoms with van der Waals surface area (Å²) in [5.41, 5.74) is 1.98. The van der Waals surface area contributed by atoms with Crippen LogP contribution in [0.25, 0.3) is 0 Å². The second kappa shape index (κ2) is 8.95. The molecule has 1 heterocycles. The molecule has 0 saturated carbocycles. The van der Waals surface area contributed by atoms with Crippen molar-refractivity contribution in [2.45, 2.75) is 6.42 Å². The molecule has 6 nitrogen and oxygen atoms in total. The molecule has 0 spiro atoms. The van der Waals surface area contributed by atoms with Crippen LogP contribution in [-0.2, 0) is 6.42 Å². The fraction of sp³-hybridized carbons (Fsp3) is 0.150. The van der Waals surface area contributed by atoms with Gasteiger partial charge in [-0.05, 0) is 47.6 Å². The molecule has 0 unspecified atom stereocenters. The highest BCUT2D eigenvalue weighted by Gasteiger charge is 2.07. The standard InChI is InChI=1S/C20H20N4O2S/c1-3-11-26-18-6-4-5-16(12-18)14-21-24-19(22-23-20(24)27)13-15-7-9-17(25-2)10-8-15/h3-10,12,14H,1,11,13H2,2H3,(H,23,27)/b21-14-. The smallest absolute Gasteiger partial charge is 0.216 e. The minimum absolute atomic E-state index is 0.439. The molecular weight excluding hydrogens is 360 g/mol. The Labute approximate surface area is 162 Å². The number of methoxy groups -OCH3 is 1. The van der Waals surface area contributed by atoms with Gasteiger partial charge in [-0.15, -0.1) is 0 Å². The molecule has 27 heavy (non-hydrogen) atoms. The average Bonchev–Trinajstić information content (AvgIpc) is 3.05. The molecule has 3 rings (SSSR count). The molecule has 0 fully saturated rings. The van der Waals surface area contributed by atoms with E-state index in [0.29, 0.717) is 17.8 Å². The minimum atomic E-state index is 0.439. The Morgan fingerprint density at radius 3 is 2.78 bits per heavy atom. The second-order valence-electron chi connectivity index (χ2n) is 5.70. The summed E-state index contributed by atoms with van der Waals surface area (Å²) >= 11 is 5.30. The molecular formula is C20H20N4O2S. The fourth-order valence-electron chi connectivity index (χ4n) is 2.45. The topological polar surface area (TPSA) is 64.4 Å². The number of aromatic amines is 1. The van der Waals surface area contributed by atoms with Crippen molar-refractivity contribution in [1.29, 1.82) is 0 Å². The van der Waals surface area contributed by atoms with E-state index in [1.807, 2.05) is 48.5 Å². The van der Waals surface area contributed by atoms with E-state index in [1.165, 1.54) is 0 Å². The monoisotopic (exact) mass is 380 g/mol. The number of benzene rings is 2. The third-order valence-electron chi connectivity index (χ3n) is 3.79. The van der Waals surface area contributed by atoms with E-state index in [0.717, 1.165) is 28.5 Å². The molecule has 0 bridgehead atoms. The van der Waals surface area contributed by atoms with Crippen molar-refractivity contribution in [1.82, 2.24) is 14.9 Å². The summed E-state index contributed by atoms with van der Waals surface area (Å²) in [5, 5.41) is 11.6. The van der Waals surface area contributed by atoms with Crippen LogP contribution in [0.2, 0.25) is 0 Å². The molecule has 3 aromatic rings. The van der Waals surface area contributed by atoms with E-state index < -0.39 is 0 Å². The van der Waals surface area contributed by atoms with E-state index >= 15 is 0 Å². The molecule has 0 aliphatic carbocycles. The number of hydrogen-bond acceptors (Lipinski definition) is 5. The molecule has 0 radical (unpaired) electrons. The van der Waals surface area contributed by atoms with Gasteiger partial charge in [0.05, 0.1) is 13.3 Å². The van der Waals surface area contributed by atoms with Gasteiger partial charge in [0.1, 0.15) is 18.1 Å². The van der Waals surface area contributed by atoms with Crippen LogP contribution >= 0.6 is 12.2 Å². The summed E-state index contributed by atoms with van der Waals surface area (Å²) in [7, 11) is 1.65. The minimum Gasteiger partial charge on any atom is -0.497 e. The number of H-pyrrole nitrogens is 1. The first-order valence-corrected chi connectivity index (χ1v) is 8.78. The lowest BCUT2D eigenvalue weighted by molar-refractivity contribution is 0.363. The Kier molecular flexibility index (Phi) is 6.17. The van der Waals surface area contributed by atoms with Crippen LogP contribution in [0.5, 0.6) is 11.5 Å². The largest absolute Gasteiger partial charge is 0.497 e. The number of aromatic nitrogens is 3. The lowest BCUT2D eigenvalue weighted by atomic mass is 10.1. The zero-order valence-corrected chi connectivity index (χ0v) is 15.8. The van der Waals surface area contributed by atoms with Gasteiger partial charge in [-0.1, -0.05) is 36.9 Å². The SMILES string of the molecule is C=CCOc1cccc(/C=N\n2c(Cc3ccc(OC)cc3)n[nH]c2=S)c1. The van der Waals surface area contributed by atoms with Gasteiger partial charge in [0.15, 0.2) is 5.82 Å². The molecule has 0 saturated heterocycles. The second-order valence-corrected chi connectivity index (χ2v) is 6.09. The van der Waals surface area contributed by atoms with E-state index in [1.54, 1.807) is 24.1 Å². The van der Waals surface area contributed by atoms with E-state index in [9.17, 15) is 0 Å². The number of ether oxygens (including phenoxy) is 2. The van der Waals surface area contributed by atoms with Crippen molar-refractivity contribution in [2.24, 2.45) is 5.10 Å². The van der Waals surface area contributed by atoms with Crippen molar-refractivity contribution in [3.05, 3.63) is 82.9 Å². The summed E-state index contributed by atoms with van der Waals surface area (Å²) in [6, 6.07) is 15.5. The first kappa shape index (κ1) is 18.6. The quantitative estimate of drug-likeness (QED) is 0.365. The predicted octanol–water partition coefficient (Wildman–Crippen LogP) is 3.99. The van der Waals surface area contributed by atoms with Gasteiger partial charge < -0.3 is 9.47 Å². The Morgan fingerprint density at radius 2 is 2.04 bits per heavy atom. The predicted molar refractivity (Wildman–Crippen MR) is 108 cm³/mol. The molecule has 1 N–H and O–H groups in total. The van der Waals surface area contributed by atoms with Crippen molar-refractivity contribution in [3.63, 3.8) is 0 Å². The molecule has 0 atom stereocenters. The van der Waals surface area contributed by atoms with Crippen LogP contribution < -0.4 is 9.47 Å². The Bertz CT molecular complexity index is 990. The van der Waals surface area contributed by atoms with Gasteiger partial charge in [-0.3, -0.25) is 5.10 Å². The third kappa shape index (κ3) is 4.92. The number of hydrogen-bond donors (Lipinski definition) is 1. The summed E-state index contributed by atoms with van der Waals surface area (Å²) in [6.45, 7) is 4.11. The number of nitrogens with zero attached hydrogens (tertiary/aromatic N) is 3. The molecule has 0 aliphatic heterocycles.